The fourth-order valence-electron chi connectivity index (χ4n) is 1.62. The third-order valence-corrected chi connectivity index (χ3v) is 3.77. The Kier molecular flexibility index (Phi) is 6.59. The Morgan fingerprint density at radius 2 is 1.90 bits per heavy atom. The predicted octanol–water partition coefficient (Wildman–Crippen LogP) is -3.15. The summed E-state index contributed by atoms with van der Waals surface area (Å²) in [6.07, 6.45) is -2.67. The van der Waals surface area contributed by atoms with Crippen molar-refractivity contribution in [1.82, 2.24) is 4.72 Å². The summed E-state index contributed by atoms with van der Waals surface area (Å²) in [6.45, 7) is -1.18. The van der Waals surface area contributed by atoms with Gasteiger partial charge in [-0.1, -0.05) is 0 Å². The highest BCUT2D eigenvalue weighted by Crippen LogP contribution is 2.19. The molecule has 1 aliphatic heterocycles. The zero-order valence-electron chi connectivity index (χ0n) is 10.1. The Hall–Kier alpha value is -0.230. The van der Waals surface area contributed by atoms with Gasteiger partial charge in [0.2, 0.25) is 10.4 Å². The van der Waals surface area contributed by atoms with Gasteiger partial charge in [0.1, 0.15) is 0 Å². The van der Waals surface area contributed by atoms with Gasteiger partial charge in [-0.3, -0.25) is 8.37 Å². The van der Waals surface area contributed by atoms with Gasteiger partial charge in [-0.2, -0.15) is 0 Å². The van der Waals surface area contributed by atoms with Gasteiger partial charge in [0.25, 0.3) is 0 Å². The van der Waals surface area contributed by atoms with Crippen LogP contribution in [-0.4, -0.2) is 66.2 Å². The maximum Gasteiger partial charge on any atom is 0.217 e. The lowest BCUT2D eigenvalue weighted by Gasteiger charge is -2.36. The van der Waals surface area contributed by atoms with E-state index in [4.69, 9.17) is 4.74 Å². The Labute approximate surface area is 123 Å². The molecule has 1 heterocycles. The molecule has 0 amide bonds. The van der Waals surface area contributed by atoms with Crippen LogP contribution in [0.1, 0.15) is 6.42 Å². The maximum atomic E-state index is 10.6. The van der Waals surface area contributed by atoms with E-state index in [1.54, 1.807) is 4.72 Å². The highest BCUT2D eigenvalue weighted by molar-refractivity contribution is 7.83. The van der Waals surface area contributed by atoms with E-state index in [9.17, 15) is 34.7 Å². The molecule has 1 N–H and O–H groups in total. The van der Waals surface area contributed by atoms with E-state index in [2.05, 4.69) is 8.37 Å². The summed E-state index contributed by atoms with van der Waals surface area (Å²) >= 11 is -3.01. The van der Waals surface area contributed by atoms with Gasteiger partial charge in [-0.25, -0.2) is 25.8 Å². The standard InChI is InChI=1S/C6H13NO11S3/c8-19(9)18-6-1-4(2-17-21(13,14)15)16-3-5(6)7-20(10,11)12/h4-7H,1-3H2,(H,8,9)(H,10,11,12)(H,13,14,15)/p-3/t4?,5?,6-/m1/s1. The molecule has 0 saturated carbocycles. The molecule has 0 aromatic heterocycles. The second-order valence-corrected chi connectivity index (χ2v) is 6.70. The van der Waals surface area contributed by atoms with E-state index in [-0.39, 0.29) is 6.42 Å². The molecule has 12 nitrogen and oxygen atoms in total. The molecule has 1 saturated heterocycles. The zero-order chi connectivity index (χ0) is 16.3. The summed E-state index contributed by atoms with van der Waals surface area (Å²) in [5, 5.41) is 0. The van der Waals surface area contributed by atoms with Gasteiger partial charge in [0, 0.05) is 6.42 Å². The second-order valence-electron chi connectivity index (χ2n) is 3.90. The molecule has 0 spiro atoms. The predicted molar refractivity (Wildman–Crippen MR) is 60.4 cm³/mol. The average Bonchev–Trinajstić information content (AvgIpc) is 2.26. The number of rotatable bonds is 7. The fraction of sp³-hybridized carbons (Fsp3) is 1.00. The highest BCUT2D eigenvalue weighted by atomic mass is 32.3. The van der Waals surface area contributed by atoms with E-state index >= 15 is 0 Å². The lowest BCUT2D eigenvalue weighted by molar-refractivity contribution is -0.0674. The van der Waals surface area contributed by atoms with E-state index < -0.39 is 63.5 Å². The molecule has 126 valence electrons. The van der Waals surface area contributed by atoms with E-state index in [1.807, 2.05) is 0 Å². The molecule has 1 rings (SSSR count). The van der Waals surface area contributed by atoms with Crippen molar-refractivity contribution in [1.29, 1.82) is 0 Å². The molecule has 0 aliphatic carbocycles. The summed E-state index contributed by atoms with van der Waals surface area (Å²) in [7, 11) is -9.84. The smallest absolute Gasteiger partial charge is 0.217 e. The Bertz CT molecular complexity index is 571. The van der Waals surface area contributed by atoms with Gasteiger partial charge in [-0.05, 0) is 0 Å². The average molecular weight is 368 g/mol. The molecule has 0 bridgehead atoms. The summed E-state index contributed by atoms with van der Waals surface area (Å²) in [4.78, 5) is 0. The van der Waals surface area contributed by atoms with Crippen molar-refractivity contribution < 1.29 is 47.8 Å². The first-order valence-electron chi connectivity index (χ1n) is 5.17. The molecule has 21 heavy (non-hydrogen) atoms. The number of hydrogen-bond donors (Lipinski definition) is 1. The quantitative estimate of drug-likeness (QED) is 0.271. The Morgan fingerprint density at radius 1 is 1.29 bits per heavy atom. The van der Waals surface area contributed by atoms with Gasteiger partial charge >= 0.3 is 0 Å². The van der Waals surface area contributed by atoms with Gasteiger partial charge in [0.15, 0.2) is 10.3 Å². The van der Waals surface area contributed by atoms with Crippen LogP contribution in [0.15, 0.2) is 0 Å². The summed E-state index contributed by atoms with van der Waals surface area (Å²) in [5.41, 5.74) is 0. The highest BCUT2D eigenvalue weighted by Gasteiger charge is 2.34. The molecule has 1 aliphatic rings. The van der Waals surface area contributed by atoms with Crippen LogP contribution in [0.3, 0.4) is 0 Å². The fourth-order valence-corrected chi connectivity index (χ4v) is 2.94. The molecule has 4 atom stereocenters. The third-order valence-electron chi connectivity index (χ3n) is 2.35. The molecule has 0 aromatic carbocycles. The van der Waals surface area contributed by atoms with Gasteiger partial charge in [-0.15, -0.1) is 0 Å². The molecule has 3 unspecified atom stereocenters. The molecule has 1 fully saturated rings. The largest absolute Gasteiger partial charge is 0.750 e. The van der Waals surface area contributed by atoms with Gasteiger partial charge in [0.05, 0.1) is 42.8 Å². The topological polar surface area (TPSA) is 194 Å². The molecule has 0 radical (unpaired) electrons. The van der Waals surface area contributed by atoms with Crippen molar-refractivity contribution in [3.63, 3.8) is 0 Å². The summed E-state index contributed by atoms with van der Waals surface area (Å²) in [5.74, 6) is 0. The van der Waals surface area contributed by atoms with Crippen molar-refractivity contribution in [3.8, 4) is 0 Å². The summed E-state index contributed by atoms with van der Waals surface area (Å²) < 4.78 is 98.5. The first kappa shape index (κ1) is 18.8. The maximum absolute atomic E-state index is 10.6. The third kappa shape index (κ3) is 8.10. The minimum Gasteiger partial charge on any atom is -0.750 e. The van der Waals surface area contributed by atoms with E-state index in [1.165, 1.54) is 0 Å². The van der Waals surface area contributed by atoms with Crippen molar-refractivity contribution in [3.05, 3.63) is 0 Å². The van der Waals surface area contributed by atoms with Crippen LogP contribution in [0.2, 0.25) is 0 Å². The lowest BCUT2D eigenvalue weighted by atomic mass is 10.0. The van der Waals surface area contributed by atoms with Crippen molar-refractivity contribution in [2.45, 2.75) is 24.7 Å². The number of hydrogen-bond acceptors (Lipinski definition) is 11. The van der Waals surface area contributed by atoms with Crippen LogP contribution < -0.4 is 4.72 Å². The molecule has 0 aromatic rings. The number of nitrogens with one attached hydrogen (secondary N) is 1. The molecule has 15 heteroatoms. The lowest BCUT2D eigenvalue weighted by Crippen LogP contribution is -2.53. The van der Waals surface area contributed by atoms with Crippen LogP contribution in [0.5, 0.6) is 0 Å². The molecular formula is C6H10NO11S3-3. The van der Waals surface area contributed by atoms with Crippen LogP contribution in [0, 0.1) is 0 Å². The zero-order valence-corrected chi connectivity index (χ0v) is 12.5. The van der Waals surface area contributed by atoms with E-state index in [0.29, 0.717) is 0 Å². The van der Waals surface area contributed by atoms with Crippen LogP contribution >= 0.6 is 0 Å². The minimum atomic E-state index is -4.96. The van der Waals surface area contributed by atoms with Gasteiger partial charge < -0.3 is 18.4 Å². The van der Waals surface area contributed by atoms with Crippen molar-refractivity contribution >= 4 is 32.1 Å². The first-order valence-corrected chi connectivity index (χ1v) is 8.92. The Balaban J connectivity index is 2.69. The van der Waals surface area contributed by atoms with Crippen LogP contribution in [0.4, 0.5) is 0 Å². The monoisotopic (exact) mass is 368 g/mol. The summed E-state index contributed by atoms with van der Waals surface area (Å²) in [6, 6.07) is -1.29. The minimum absolute atomic E-state index is 0.323. The Morgan fingerprint density at radius 3 is 2.38 bits per heavy atom. The first-order chi connectivity index (χ1) is 9.46. The second kappa shape index (κ2) is 7.36. The SMILES string of the molecule is O=S([O-])O[C@@H]1CC(COS(=O)(=O)[O-])OCC1NS(=O)(=O)[O-]. The van der Waals surface area contributed by atoms with Crippen molar-refractivity contribution in [2.24, 2.45) is 0 Å². The van der Waals surface area contributed by atoms with Crippen molar-refractivity contribution in [2.75, 3.05) is 13.2 Å². The normalized spacial score (nSPS) is 29.2. The van der Waals surface area contributed by atoms with Crippen LogP contribution in [0.25, 0.3) is 0 Å². The molecular weight excluding hydrogens is 358 g/mol. The van der Waals surface area contributed by atoms with E-state index in [0.717, 1.165) is 0 Å². The number of ether oxygens (including phenoxy) is 1. The van der Waals surface area contributed by atoms with Crippen LogP contribution in [-0.2, 0) is 45.2 Å².